The van der Waals surface area contributed by atoms with Gasteiger partial charge in [-0.25, -0.2) is 13.8 Å². The van der Waals surface area contributed by atoms with Crippen molar-refractivity contribution in [2.75, 3.05) is 11.9 Å². The highest BCUT2D eigenvalue weighted by Crippen LogP contribution is 2.18. The van der Waals surface area contributed by atoms with E-state index in [1.165, 1.54) is 12.1 Å². The van der Waals surface area contributed by atoms with Gasteiger partial charge in [0.15, 0.2) is 11.6 Å². The summed E-state index contributed by atoms with van der Waals surface area (Å²) >= 11 is 0. The zero-order valence-corrected chi connectivity index (χ0v) is 12.9. The number of halogens is 2. The number of hydrogen-bond acceptors (Lipinski definition) is 4. The Morgan fingerprint density at radius 1 is 1.14 bits per heavy atom. The lowest BCUT2D eigenvalue weighted by atomic mass is 9.97. The monoisotopic (exact) mass is 307 g/mol. The lowest BCUT2D eigenvalue weighted by molar-refractivity contribution is 0.279. The number of rotatable bonds is 5. The maximum Gasteiger partial charge on any atom is 0.318 e. The molecule has 1 N–H and O–H groups in total. The summed E-state index contributed by atoms with van der Waals surface area (Å²) in [5.74, 6) is -0.729. The van der Waals surface area contributed by atoms with Crippen LogP contribution in [0.25, 0.3) is 0 Å². The van der Waals surface area contributed by atoms with Gasteiger partial charge in [0.1, 0.15) is 12.4 Å². The van der Waals surface area contributed by atoms with Crippen LogP contribution in [-0.2, 0) is 6.61 Å². The van der Waals surface area contributed by atoms with Crippen LogP contribution in [0.15, 0.2) is 30.5 Å². The molecule has 0 aliphatic rings. The molecule has 0 amide bonds. The van der Waals surface area contributed by atoms with E-state index in [4.69, 9.17) is 4.74 Å². The Labute approximate surface area is 128 Å². The second-order valence-electron chi connectivity index (χ2n) is 6.18. The molecule has 0 spiro atoms. The summed E-state index contributed by atoms with van der Waals surface area (Å²) in [6.07, 6.45) is 1.07. The molecule has 0 saturated carbocycles. The predicted octanol–water partition coefficient (Wildman–Crippen LogP) is 3.79. The molecule has 118 valence electrons. The van der Waals surface area contributed by atoms with Crippen LogP contribution in [-0.4, -0.2) is 16.5 Å². The lowest BCUT2D eigenvalue weighted by Gasteiger charge is -2.19. The van der Waals surface area contributed by atoms with Crippen LogP contribution in [0.5, 0.6) is 6.01 Å². The molecule has 0 bridgehead atoms. The highest BCUT2D eigenvalue weighted by molar-refractivity contribution is 5.36. The quantitative estimate of drug-likeness (QED) is 0.913. The molecular formula is C16H19F2N3O. The molecule has 4 nitrogen and oxygen atoms in total. The van der Waals surface area contributed by atoms with Crippen molar-refractivity contribution in [2.24, 2.45) is 5.41 Å². The largest absolute Gasteiger partial charge is 0.459 e. The number of nitrogens with zero attached hydrogens (tertiary/aromatic N) is 2. The van der Waals surface area contributed by atoms with Crippen molar-refractivity contribution in [1.82, 2.24) is 9.97 Å². The number of anilines is 1. The van der Waals surface area contributed by atoms with E-state index >= 15 is 0 Å². The Bertz CT molecular complexity index is 624. The molecule has 6 heteroatoms. The number of ether oxygens (including phenoxy) is 1. The van der Waals surface area contributed by atoms with Gasteiger partial charge in [0.25, 0.3) is 0 Å². The van der Waals surface area contributed by atoms with Crippen LogP contribution in [0, 0.1) is 17.0 Å². The van der Waals surface area contributed by atoms with E-state index in [1.807, 2.05) is 20.8 Å². The number of benzene rings is 1. The first-order chi connectivity index (χ1) is 10.3. The van der Waals surface area contributed by atoms with Gasteiger partial charge in [-0.2, -0.15) is 4.98 Å². The summed E-state index contributed by atoms with van der Waals surface area (Å²) in [7, 11) is 0. The van der Waals surface area contributed by atoms with E-state index in [2.05, 4.69) is 15.3 Å². The van der Waals surface area contributed by atoms with Gasteiger partial charge in [0.2, 0.25) is 0 Å². The SMILES string of the molecule is CC(C)(C)CNc1nc(OCc2ccc(F)cc2)ncc1F. The van der Waals surface area contributed by atoms with Crippen LogP contribution in [0.4, 0.5) is 14.6 Å². The van der Waals surface area contributed by atoms with Crippen molar-refractivity contribution in [3.05, 3.63) is 47.7 Å². The van der Waals surface area contributed by atoms with E-state index in [-0.39, 0.29) is 29.7 Å². The van der Waals surface area contributed by atoms with E-state index in [1.54, 1.807) is 12.1 Å². The van der Waals surface area contributed by atoms with E-state index in [0.717, 1.165) is 11.8 Å². The standard InChI is InChI=1S/C16H19F2N3O/c1-16(2,3)10-20-14-13(18)8-19-15(21-14)22-9-11-4-6-12(17)7-5-11/h4-8H,9-10H2,1-3H3,(H,19,20,21). The minimum Gasteiger partial charge on any atom is -0.459 e. The smallest absolute Gasteiger partial charge is 0.318 e. The molecule has 2 rings (SSSR count). The van der Waals surface area contributed by atoms with Crippen LogP contribution in [0.3, 0.4) is 0 Å². The summed E-state index contributed by atoms with van der Waals surface area (Å²) in [6, 6.07) is 5.98. The first-order valence-corrected chi connectivity index (χ1v) is 6.97. The molecule has 0 aliphatic heterocycles. The molecule has 0 fully saturated rings. The van der Waals surface area contributed by atoms with Gasteiger partial charge >= 0.3 is 6.01 Å². The molecule has 0 radical (unpaired) electrons. The van der Waals surface area contributed by atoms with Crippen LogP contribution >= 0.6 is 0 Å². The van der Waals surface area contributed by atoms with Gasteiger partial charge in [0, 0.05) is 6.54 Å². The van der Waals surface area contributed by atoms with Crippen LogP contribution in [0.1, 0.15) is 26.3 Å². The predicted molar refractivity (Wildman–Crippen MR) is 80.7 cm³/mol. The topological polar surface area (TPSA) is 47.0 Å². The van der Waals surface area contributed by atoms with Crippen molar-refractivity contribution in [2.45, 2.75) is 27.4 Å². The average molecular weight is 307 g/mol. The minimum atomic E-state index is -0.529. The first-order valence-electron chi connectivity index (χ1n) is 6.97. The Morgan fingerprint density at radius 2 is 1.82 bits per heavy atom. The van der Waals surface area contributed by atoms with Gasteiger partial charge in [-0.1, -0.05) is 32.9 Å². The third-order valence-electron chi connectivity index (χ3n) is 2.79. The first kappa shape index (κ1) is 16.1. The normalized spacial score (nSPS) is 11.3. The zero-order valence-electron chi connectivity index (χ0n) is 12.9. The van der Waals surface area contributed by atoms with Gasteiger partial charge in [-0.3, -0.25) is 0 Å². The average Bonchev–Trinajstić information content (AvgIpc) is 2.46. The maximum absolute atomic E-state index is 13.7. The van der Waals surface area contributed by atoms with E-state index < -0.39 is 5.82 Å². The van der Waals surface area contributed by atoms with Crippen molar-refractivity contribution in [3.8, 4) is 6.01 Å². The minimum absolute atomic E-state index is 0.00742. The van der Waals surface area contributed by atoms with E-state index in [9.17, 15) is 8.78 Å². The third-order valence-corrected chi connectivity index (χ3v) is 2.79. The van der Waals surface area contributed by atoms with Gasteiger partial charge in [-0.15, -0.1) is 0 Å². The molecular weight excluding hydrogens is 288 g/mol. The Kier molecular flexibility index (Phi) is 4.90. The Balaban J connectivity index is 2.01. The lowest BCUT2D eigenvalue weighted by Crippen LogP contribution is -2.20. The molecule has 0 saturated heterocycles. The summed E-state index contributed by atoms with van der Waals surface area (Å²) in [4.78, 5) is 7.81. The van der Waals surface area contributed by atoms with Gasteiger partial charge in [-0.05, 0) is 23.1 Å². The molecule has 0 aliphatic carbocycles. The summed E-state index contributed by atoms with van der Waals surface area (Å²) in [5.41, 5.74) is 0.769. The second-order valence-corrected chi connectivity index (χ2v) is 6.18. The number of hydrogen-bond donors (Lipinski definition) is 1. The molecule has 1 heterocycles. The molecule has 22 heavy (non-hydrogen) atoms. The Hall–Kier alpha value is -2.24. The third kappa shape index (κ3) is 4.95. The second kappa shape index (κ2) is 6.68. The highest BCUT2D eigenvalue weighted by atomic mass is 19.1. The van der Waals surface area contributed by atoms with E-state index in [0.29, 0.717) is 6.54 Å². The van der Waals surface area contributed by atoms with Gasteiger partial charge in [0.05, 0.1) is 6.20 Å². The summed E-state index contributed by atoms with van der Waals surface area (Å²) < 4.78 is 31.9. The fourth-order valence-electron chi connectivity index (χ4n) is 1.62. The molecule has 1 aromatic carbocycles. The van der Waals surface area contributed by atoms with Crippen LogP contribution < -0.4 is 10.1 Å². The number of aromatic nitrogens is 2. The van der Waals surface area contributed by atoms with Gasteiger partial charge < -0.3 is 10.1 Å². The molecule has 2 aromatic rings. The van der Waals surface area contributed by atoms with Crippen molar-refractivity contribution in [1.29, 1.82) is 0 Å². The number of nitrogens with one attached hydrogen (secondary N) is 1. The fraction of sp³-hybridized carbons (Fsp3) is 0.375. The van der Waals surface area contributed by atoms with Crippen molar-refractivity contribution >= 4 is 5.82 Å². The maximum atomic E-state index is 13.7. The highest BCUT2D eigenvalue weighted by Gasteiger charge is 2.13. The molecule has 0 atom stereocenters. The summed E-state index contributed by atoms with van der Waals surface area (Å²) in [5, 5.41) is 2.94. The van der Waals surface area contributed by atoms with Crippen molar-refractivity contribution < 1.29 is 13.5 Å². The van der Waals surface area contributed by atoms with Crippen molar-refractivity contribution in [3.63, 3.8) is 0 Å². The molecule has 0 unspecified atom stereocenters. The summed E-state index contributed by atoms with van der Waals surface area (Å²) in [6.45, 7) is 6.85. The fourth-order valence-corrected chi connectivity index (χ4v) is 1.62. The van der Waals surface area contributed by atoms with Crippen LogP contribution in [0.2, 0.25) is 0 Å². The Morgan fingerprint density at radius 3 is 2.45 bits per heavy atom. The zero-order chi connectivity index (χ0) is 16.2. The molecule has 1 aromatic heterocycles.